The summed E-state index contributed by atoms with van der Waals surface area (Å²) in [5, 5.41) is 6.82. The fourth-order valence-electron chi connectivity index (χ4n) is 3.21. The molecule has 2 aliphatic carbocycles. The van der Waals surface area contributed by atoms with E-state index in [4.69, 9.17) is 4.74 Å². The van der Waals surface area contributed by atoms with Crippen LogP contribution in [0.25, 0.3) is 0 Å². The monoisotopic (exact) mass is 324 g/mol. The first-order valence-electron chi connectivity index (χ1n) is 9.48. The van der Waals surface area contributed by atoms with Crippen molar-refractivity contribution in [2.45, 2.75) is 76.5 Å². The molecule has 2 aliphatic rings. The molecule has 0 aromatic rings. The minimum absolute atomic E-state index is 0.514. The smallest absolute Gasteiger partial charge is 0.191 e. The van der Waals surface area contributed by atoms with E-state index in [0.717, 1.165) is 38.1 Å². The first-order valence-corrected chi connectivity index (χ1v) is 9.48. The Morgan fingerprint density at radius 2 is 1.91 bits per heavy atom. The van der Waals surface area contributed by atoms with Crippen LogP contribution in [-0.2, 0) is 4.74 Å². The summed E-state index contributed by atoms with van der Waals surface area (Å²) < 4.78 is 5.95. The second-order valence-corrected chi connectivity index (χ2v) is 7.11. The van der Waals surface area contributed by atoms with Gasteiger partial charge in [0.15, 0.2) is 5.96 Å². The molecule has 1 atom stereocenters. The molecule has 134 valence electrons. The maximum absolute atomic E-state index is 5.95. The minimum atomic E-state index is 0.514. The van der Waals surface area contributed by atoms with Gasteiger partial charge in [0.1, 0.15) is 0 Å². The zero-order valence-corrected chi connectivity index (χ0v) is 15.3. The molecule has 0 saturated heterocycles. The Morgan fingerprint density at radius 3 is 2.57 bits per heavy atom. The van der Waals surface area contributed by atoms with Gasteiger partial charge >= 0.3 is 0 Å². The van der Waals surface area contributed by atoms with Crippen molar-refractivity contribution < 1.29 is 4.74 Å². The highest BCUT2D eigenvalue weighted by atomic mass is 16.5. The Labute approximate surface area is 142 Å². The molecule has 0 aromatic carbocycles. The quantitative estimate of drug-likeness (QED) is 0.388. The van der Waals surface area contributed by atoms with E-state index >= 15 is 0 Å². The summed E-state index contributed by atoms with van der Waals surface area (Å²) in [5.74, 6) is 0.902. The van der Waals surface area contributed by atoms with Crippen LogP contribution < -0.4 is 10.6 Å². The average molecular weight is 325 g/mol. The third kappa shape index (κ3) is 7.08. The van der Waals surface area contributed by atoms with Gasteiger partial charge in [-0.25, -0.2) is 0 Å². The van der Waals surface area contributed by atoms with Crippen LogP contribution in [0, 0.1) is 0 Å². The van der Waals surface area contributed by atoms with E-state index in [1.165, 1.54) is 44.9 Å². The maximum Gasteiger partial charge on any atom is 0.191 e. The highest BCUT2D eigenvalue weighted by Crippen LogP contribution is 2.26. The van der Waals surface area contributed by atoms with Crippen LogP contribution >= 0.6 is 0 Å². The summed E-state index contributed by atoms with van der Waals surface area (Å²) in [6, 6.07) is 1.34. The molecule has 2 saturated carbocycles. The van der Waals surface area contributed by atoms with E-state index in [2.05, 4.69) is 34.5 Å². The Hall–Kier alpha value is -0.810. The fourth-order valence-corrected chi connectivity index (χ4v) is 3.21. The molecule has 2 N–H and O–H groups in total. The number of ether oxygens (including phenoxy) is 1. The van der Waals surface area contributed by atoms with E-state index in [1.807, 2.05) is 7.05 Å². The summed E-state index contributed by atoms with van der Waals surface area (Å²) in [5.41, 5.74) is 0. The summed E-state index contributed by atoms with van der Waals surface area (Å²) >= 11 is 0. The van der Waals surface area contributed by atoms with Crippen molar-refractivity contribution in [3.63, 3.8) is 0 Å². The number of likely N-dealkylation sites (N-methyl/N-ethyl adjacent to an activating group) is 1. The van der Waals surface area contributed by atoms with E-state index < -0.39 is 0 Å². The predicted octanol–water partition coefficient (Wildman–Crippen LogP) is 2.37. The molecule has 2 fully saturated rings. The van der Waals surface area contributed by atoms with E-state index in [-0.39, 0.29) is 0 Å². The van der Waals surface area contributed by atoms with Crippen LogP contribution in [0.3, 0.4) is 0 Å². The number of guanidine groups is 1. The van der Waals surface area contributed by atoms with Gasteiger partial charge in [0.25, 0.3) is 0 Å². The molecule has 0 aromatic heterocycles. The molecule has 0 aliphatic heterocycles. The van der Waals surface area contributed by atoms with Gasteiger partial charge in [-0.3, -0.25) is 9.89 Å². The molecule has 5 nitrogen and oxygen atoms in total. The lowest BCUT2D eigenvalue weighted by atomic mass is 9.98. The van der Waals surface area contributed by atoms with Gasteiger partial charge in [0.05, 0.1) is 6.10 Å². The lowest BCUT2D eigenvalue weighted by Crippen LogP contribution is -2.45. The van der Waals surface area contributed by atoms with E-state index in [0.29, 0.717) is 12.1 Å². The number of rotatable bonds is 9. The van der Waals surface area contributed by atoms with Crippen LogP contribution in [0.2, 0.25) is 0 Å². The van der Waals surface area contributed by atoms with Crippen molar-refractivity contribution in [2.75, 3.05) is 33.8 Å². The summed E-state index contributed by atoms with van der Waals surface area (Å²) in [6.07, 6.45) is 10.8. The second-order valence-electron chi connectivity index (χ2n) is 7.11. The Bertz CT molecular complexity index is 351. The first-order chi connectivity index (χ1) is 11.2. The van der Waals surface area contributed by atoms with Gasteiger partial charge in [0.2, 0.25) is 0 Å². The highest BCUT2D eigenvalue weighted by molar-refractivity contribution is 5.79. The maximum atomic E-state index is 5.95. The number of hydrogen-bond acceptors (Lipinski definition) is 3. The van der Waals surface area contributed by atoms with Crippen molar-refractivity contribution in [3.8, 4) is 0 Å². The van der Waals surface area contributed by atoms with Crippen LogP contribution in [-0.4, -0.2) is 62.8 Å². The minimum Gasteiger partial charge on any atom is -0.378 e. The predicted molar refractivity (Wildman–Crippen MR) is 97.1 cm³/mol. The van der Waals surface area contributed by atoms with Gasteiger partial charge in [-0.15, -0.1) is 0 Å². The van der Waals surface area contributed by atoms with Gasteiger partial charge < -0.3 is 15.4 Å². The molecular weight excluding hydrogens is 288 g/mol. The zero-order chi connectivity index (χ0) is 16.5. The van der Waals surface area contributed by atoms with Crippen LogP contribution in [0.1, 0.15) is 58.3 Å². The third-order valence-corrected chi connectivity index (χ3v) is 5.13. The SMILES string of the molecule is CN=C(NCCCOC1CCCCC1)NCC(C)N(C)C1CC1. The third-order valence-electron chi connectivity index (χ3n) is 5.13. The topological polar surface area (TPSA) is 48.9 Å². The van der Waals surface area contributed by atoms with Gasteiger partial charge in [-0.1, -0.05) is 19.3 Å². The van der Waals surface area contributed by atoms with E-state index in [1.54, 1.807) is 0 Å². The van der Waals surface area contributed by atoms with Crippen LogP contribution in [0.5, 0.6) is 0 Å². The number of aliphatic imine (C=N–C) groups is 1. The number of nitrogens with zero attached hydrogens (tertiary/aromatic N) is 2. The van der Waals surface area contributed by atoms with Crippen molar-refractivity contribution in [2.24, 2.45) is 4.99 Å². The summed E-state index contributed by atoms with van der Waals surface area (Å²) in [4.78, 5) is 6.77. The normalized spacial score (nSPS) is 21.5. The van der Waals surface area contributed by atoms with Gasteiger partial charge in [-0.2, -0.15) is 0 Å². The Kier molecular flexibility index (Phi) is 8.17. The largest absolute Gasteiger partial charge is 0.378 e. The second kappa shape index (κ2) is 10.1. The molecule has 0 amide bonds. The standard InChI is InChI=1S/C18H36N4O/c1-15(22(3)16-10-11-16)14-21-18(19-2)20-12-7-13-23-17-8-5-4-6-9-17/h15-17H,4-14H2,1-3H3,(H2,19,20,21). The Balaban J connectivity index is 1.50. The van der Waals surface area contributed by atoms with E-state index in [9.17, 15) is 0 Å². The molecule has 0 heterocycles. The van der Waals surface area contributed by atoms with Crippen molar-refractivity contribution in [1.82, 2.24) is 15.5 Å². The number of nitrogens with one attached hydrogen (secondary N) is 2. The molecule has 2 rings (SSSR count). The first kappa shape index (κ1) is 18.5. The number of hydrogen-bond donors (Lipinski definition) is 2. The van der Waals surface area contributed by atoms with Crippen molar-refractivity contribution >= 4 is 5.96 Å². The molecule has 5 heteroatoms. The summed E-state index contributed by atoms with van der Waals surface area (Å²) in [7, 11) is 4.06. The molecule has 23 heavy (non-hydrogen) atoms. The lowest BCUT2D eigenvalue weighted by molar-refractivity contribution is 0.0277. The van der Waals surface area contributed by atoms with Crippen LogP contribution in [0.15, 0.2) is 4.99 Å². The molecule has 0 bridgehead atoms. The zero-order valence-electron chi connectivity index (χ0n) is 15.3. The van der Waals surface area contributed by atoms with Gasteiger partial charge in [0, 0.05) is 38.8 Å². The van der Waals surface area contributed by atoms with Crippen molar-refractivity contribution in [1.29, 1.82) is 0 Å². The van der Waals surface area contributed by atoms with Crippen LogP contribution in [0.4, 0.5) is 0 Å². The average Bonchev–Trinajstić information content (AvgIpc) is 3.42. The Morgan fingerprint density at radius 1 is 1.17 bits per heavy atom. The highest BCUT2D eigenvalue weighted by Gasteiger charge is 2.28. The lowest BCUT2D eigenvalue weighted by Gasteiger charge is -2.25. The fraction of sp³-hybridized carbons (Fsp3) is 0.944. The molecule has 0 spiro atoms. The molecule has 1 unspecified atom stereocenters. The summed E-state index contributed by atoms with van der Waals surface area (Å²) in [6.45, 7) is 4.98. The van der Waals surface area contributed by atoms with Crippen molar-refractivity contribution in [3.05, 3.63) is 0 Å². The van der Waals surface area contributed by atoms with Gasteiger partial charge in [-0.05, 0) is 46.1 Å². The molecule has 0 radical (unpaired) electrons. The molecular formula is C18H36N4O.